The molecule has 2 aliphatic rings. The third kappa shape index (κ3) is 6.38. The number of aryl methyl sites for hydroxylation is 2. The fraction of sp³-hybridized carbons (Fsp3) is 0.333. The van der Waals surface area contributed by atoms with E-state index >= 15 is 0 Å². The summed E-state index contributed by atoms with van der Waals surface area (Å²) in [4.78, 5) is 44.6. The van der Waals surface area contributed by atoms with Gasteiger partial charge in [0, 0.05) is 35.1 Å². The molecule has 0 aliphatic heterocycles. The van der Waals surface area contributed by atoms with Crippen molar-refractivity contribution in [1.29, 1.82) is 0 Å². The smallest absolute Gasteiger partial charge is 0.360 e. The summed E-state index contributed by atoms with van der Waals surface area (Å²) in [5.74, 6) is -0.861. The Morgan fingerprint density at radius 1 is 0.933 bits per heavy atom. The molecule has 0 N–H and O–H groups in total. The molecule has 0 atom stereocenters. The predicted octanol–water partition coefficient (Wildman–Crippen LogP) is 8.27. The first-order valence-corrected chi connectivity index (χ1v) is 15.9. The van der Waals surface area contributed by atoms with Crippen LogP contribution < -0.4 is 0 Å². The molecule has 6 heteroatoms. The first-order chi connectivity index (χ1) is 21.8. The number of hydrogen-bond acceptors (Lipinski definition) is 6. The molecule has 0 amide bonds. The average Bonchev–Trinajstić information content (AvgIpc) is 3.31. The lowest BCUT2D eigenvalue weighted by Gasteiger charge is -2.33. The maximum atomic E-state index is 13.7. The Balaban J connectivity index is 1.54. The van der Waals surface area contributed by atoms with Crippen LogP contribution in [0.5, 0.6) is 0 Å². The Labute approximate surface area is 265 Å². The second-order valence-corrected chi connectivity index (χ2v) is 11.9. The van der Waals surface area contributed by atoms with Crippen molar-refractivity contribution in [2.24, 2.45) is 5.16 Å². The van der Waals surface area contributed by atoms with Crippen molar-refractivity contribution in [3.05, 3.63) is 119 Å². The van der Waals surface area contributed by atoms with E-state index < -0.39 is 5.97 Å². The second kappa shape index (κ2) is 14.1. The number of nitrogens with zero attached hydrogens (tertiary/aromatic N) is 1. The van der Waals surface area contributed by atoms with Crippen LogP contribution in [-0.2, 0) is 26.2 Å². The molecule has 0 heterocycles. The molecule has 3 aromatic carbocycles. The van der Waals surface area contributed by atoms with Gasteiger partial charge in [-0.25, -0.2) is 4.79 Å². The molecule has 5 rings (SSSR count). The van der Waals surface area contributed by atoms with Crippen molar-refractivity contribution in [3.63, 3.8) is 0 Å². The third-order valence-electron chi connectivity index (χ3n) is 9.04. The van der Waals surface area contributed by atoms with Crippen molar-refractivity contribution in [2.75, 3.05) is 13.2 Å². The first kappa shape index (κ1) is 32.0. The van der Waals surface area contributed by atoms with Gasteiger partial charge in [-0.05, 0) is 91.0 Å². The summed E-state index contributed by atoms with van der Waals surface area (Å²) in [6, 6.07) is 17.8. The first-order valence-electron chi connectivity index (χ1n) is 15.9. The van der Waals surface area contributed by atoms with E-state index in [1.54, 1.807) is 0 Å². The summed E-state index contributed by atoms with van der Waals surface area (Å²) < 4.78 is 5.31. The minimum atomic E-state index is -0.620. The van der Waals surface area contributed by atoms with Crippen LogP contribution in [0.25, 0.3) is 11.1 Å². The fourth-order valence-electron chi connectivity index (χ4n) is 6.63. The van der Waals surface area contributed by atoms with E-state index in [-0.39, 0.29) is 29.3 Å². The molecule has 2 aliphatic carbocycles. The van der Waals surface area contributed by atoms with Gasteiger partial charge in [0.15, 0.2) is 5.78 Å². The lowest BCUT2D eigenvalue weighted by Crippen LogP contribution is -2.27. The molecule has 232 valence electrons. The van der Waals surface area contributed by atoms with E-state index in [4.69, 9.17) is 9.57 Å². The van der Waals surface area contributed by atoms with E-state index in [2.05, 4.69) is 30.4 Å². The molecule has 45 heavy (non-hydrogen) atoms. The Hall–Kier alpha value is -4.42. The van der Waals surface area contributed by atoms with Crippen LogP contribution in [0.3, 0.4) is 0 Å². The van der Waals surface area contributed by atoms with Crippen LogP contribution in [-0.4, -0.2) is 36.5 Å². The highest BCUT2D eigenvalue weighted by Crippen LogP contribution is 2.55. The van der Waals surface area contributed by atoms with Gasteiger partial charge in [-0.1, -0.05) is 73.1 Å². The summed E-state index contributed by atoms with van der Waals surface area (Å²) in [5.41, 5.74) is 7.95. The number of unbranched alkanes of at least 4 members (excludes halogenated alkanes) is 1. The highest BCUT2D eigenvalue weighted by molar-refractivity contribution is 6.47. The van der Waals surface area contributed by atoms with Crippen molar-refractivity contribution in [1.82, 2.24) is 0 Å². The van der Waals surface area contributed by atoms with E-state index in [1.807, 2.05) is 68.5 Å². The molecule has 3 aromatic rings. The number of oxime groups is 1. The zero-order valence-corrected chi connectivity index (χ0v) is 26.3. The number of allylic oxidation sites excluding steroid dienone is 2. The highest BCUT2D eigenvalue weighted by atomic mass is 16.7. The van der Waals surface area contributed by atoms with Gasteiger partial charge < -0.3 is 9.57 Å². The number of Topliss-reactive ketones (excluding diaryl/α,β-unsaturated/α-hetero) is 1. The SMILES string of the molecule is C=CCCC1(CCC=C)c2cc(C(=O)c3ccccc3C)ccc2-c2cc3c(cc21)CC/C(=N\OC(=O)COCCCC)C3=O. The lowest BCUT2D eigenvalue weighted by atomic mass is 9.70. The number of fused-ring (bicyclic) bond motifs is 4. The summed E-state index contributed by atoms with van der Waals surface area (Å²) in [5, 5.41) is 3.95. The summed E-state index contributed by atoms with van der Waals surface area (Å²) >= 11 is 0. The second-order valence-electron chi connectivity index (χ2n) is 11.9. The number of carbonyl (C=O) groups is 3. The summed E-state index contributed by atoms with van der Waals surface area (Å²) in [6.07, 6.45) is 9.93. The van der Waals surface area contributed by atoms with Crippen molar-refractivity contribution in [3.8, 4) is 11.1 Å². The zero-order valence-electron chi connectivity index (χ0n) is 26.3. The standard InChI is InChI=1S/C39H41NO5/c1-5-8-19-39(20-9-6-2)33-23-28(37(42)29-14-12-11-13-26(29)4)15-17-30(33)32-24-31-27(22-34(32)39)16-18-35(38(31)43)40-45-36(41)25-44-21-10-7-3/h5-6,11-15,17,22-24H,1-2,7-10,16,18-21,25H2,3-4H3/b40-35+. The molecule has 0 saturated heterocycles. The van der Waals surface area contributed by atoms with Crippen molar-refractivity contribution >= 4 is 23.2 Å². The molecule has 0 aromatic heterocycles. The van der Waals surface area contributed by atoms with Gasteiger partial charge >= 0.3 is 5.97 Å². The quantitative estimate of drug-likeness (QED) is 0.0609. The van der Waals surface area contributed by atoms with E-state index in [0.29, 0.717) is 36.1 Å². The number of hydrogen-bond donors (Lipinski definition) is 0. The number of ether oxygens (including phenoxy) is 1. The largest absolute Gasteiger partial charge is 0.370 e. The number of carbonyl (C=O) groups excluding carboxylic acids is 3. The fourth-order valence-corrected chi connectivity index (χ4v) is 6.63. The van der Waals surface area contributed by atoms with Gasteiger partial charge in [0.1, 0.15) is 12.3 Å². The topological polar surface area (TPSA) is 82.0 Å². The van der Waals surface area contributed by atoms with Crippen LogP contribution >= 0.6 is 0 Å². The number of benzene rings is 3. The number of ketones is 2. The Morgan fingerprint density at radius 2 is 1.67 bits per heavy atom. The number of rotatable bonds is 14. The minimum Gasteiger partial charge on any atom is -0.370 e. The molecule has 0 bridgehead atoms. The van der Waals surface area contributed by atoms with E-state index in [1.165, 1.54) is 5.56 Å². The van der Waals surface area contributed by atoms with E-state index in [9.17, 15) is 14.4 Å². The van der Waals surface area contributed by atoms with Crippen LogP contribution in [0.2, 0.25) is 0 Å². The zero-order chi connectivity index (χ0) is 32.0. The van der Waals surface area contributed by atoms with Gasteiger partial charge in [0.25, 0.3) is 0 Å². The summed E-state index contributed by atoms with van der Waals surface area (Å²) in [6.45, 7) is 12.3. The van der Waals surface area contributed by atoms with Gasteiger partial charge in [-0.2, -0.15) is 0 Å². The maximum absolute atomic E-state index is 13.7. The lowest BCUT2D eigenvalue weighted by molar-refractivity contribution is -0.149. The van der Waals surface area contributed by atoms with Crippen molar-refractivity contribution in [2.45, 2.75) is 70.6 Å². The Morgan fingerprint density at radius 3 is 2.38 bits per heavy atom. The molecule has 0 unspecified atom stereocenters. The van der Waals surface area contributed by atoms with E-state index in [0.717, 1.165) is 66.3 Å². The Bertz CT molecular complexity index is 1670. The van der Waals surface area contributed by atoms with Gasteiger partial charge in [0.2, 0.25) is 5.78 Å². The van der Waals surface area contributed by atoms with Crippen LogP contribution in [0, 0.1) is 6.92 Å². The predicted molar refractivity (Wildman–Crippen MR) is 178 cm³/mol. The van der Waals surface area contributed by atoms with Gasteiger partial charge in [-0.3, -0.25) is 9.59 Å². The average molecular weight is 604 g/mol. The molecule has 0 fully saturated rings. The molecule has 0 radical (unpaired) electrons. The molecule has 0 saturated carbocycles. The van der Waals surface area contributed by atoms with Crippen LogP contribution in [0.15, 0.2) is 85.1 Å². The van der Waals surface area contributed by atoms with Crippen LogP contribution in [0.1, 0.15) is 100 Å². The Kier molecular flexibility index (Phi) is 10.0. The van der Waals surface area contributed by atoms with Crippen LogP contribution in [0.4, 0.5) is 0 Å². The molecular weight excluding hydrogens is 562 g/mol. The maximum Gasteiger partial charge on any atom is 0.360 e. The molecular formula is C39H41NO5. The highest BCUT2D eigenvalue weighted by Gasteiger charge is 2.44. The normalized spacial score (nSPS) is 15.2. The van der Waals surface area contributed by atoms with Gasteiger partial charge in [-0.15, -0.1) is 13.2 Å². The van der Waals surface area contributed by atoms with Crippen molar-refractivity contribution < 1.29 is 24.0 Å². The monoisotopic (exact) mass is 603 g/mol. The molecule has 6 nitrogen and oxygen atoms in total. The van der Waals surface area contributed by atoms with Gasteiger partial charge in [0.05, 0.1) is 0 Å². The third-order valence-corrected chi connectivity index (χ3v) is 9.04. The minimum absolute atomic E-state index is 0.00571. The summed E-state index contributed by atoms with van der Waals surface area (Å²) in [7, 11) is 0. The molecule has 0 spiro atoms.